The highest BCUT2D eigenvalue weighted by atomic mass is 16.5. The van der Waals surface area contributed by atoms with Crippen molar-refractivity contribution in [2.24, 2.45) is 0 Å². The average molecular weight is 226 g/mol. The van der Waals surface area contributed by atoms with Gasteiger partial charge in [0.15, 0.2) is 0 Å². The van der Waals surface area contributed by atoms with Gasteiger partial charge < -0.3 is 4.74 Å². The van der Waals surface area contributed by atoms with Crippen molar-refractivity contribution in [2.75, 3.05) is 6.61 Å². The molecule has 0 fully saturated rings. The van der Waals surface area contributed by atoms with E-state index in [0.29, 0.717) is 6.61 Å². The largest absolute Gasteiger partial charge is 0.494 e. The molecule has 2 aromatic rings. The molecular formula is C14H14N2O. The van der Waals surface area contributed by atoms with Crippen LogP contribution in [-0.2, 0) is 0 Å². The summed E-state index contributed by atoms with van der Waals surface area (Å²) in [5.41, 5.74) is 2.01. The fourth-order valence-corrected chi connectivity index (χ4v) is 1.42. The van der Waals surface area contributed by atoms with Crippen LogP contribution in [0.4, 0.5) is 0 Å². The SMILES string of the molecule is CCOc1ccc(/C=C/c2ccncn2)cc1. The fourth-order valence-electron chi connectivity index (χ4n) is 1.42. The second-order valence-electron chi connectivity index (χ2n) is 3.47. The summed E-state index contributed by atoms with van der Waals surface area (Å²) in [6.07, 6.45) is 7.23. The molecule has 1 heterocycles. The Morgan fingerprint density at radius 2 is 1.94 bits per heavy atom. The lowest BCUT2D eigenvalue weighted by Crippen LogP contribution is -1.90. The van der Waals surface area contributed by atoms with Gasteiger partial charge in [-0.05, 0) is 36.8 Å². The minimum absolute atomic E-state index is 0.691. The summed E-state index contributed by atoms with van der Waals surface area (Å²) in [5.74, 6) is 0.895. The summed E-state index contributed by atoms with van der Waals surface area (Å²) in [4.78, 5) is 7.99. The maximum absolute atomic E-state index is 5.38. The summed E-state index contributed by atoms with van der Waals surface area (Å²) in [7, 11) is 0. The Balaban J connectivity index is 2.06. The summed E-state index contributed by atoms with van der Waals surface area (Å²) in [5, 5.41) is 0. The molecule has 0 aliphatic carbocycles. The smallest absolute Gasteiger partial charge is 0.119 e. The first kappa shape index (κ1) is 11.3. The Labute approximate surface area is 101 Å². The highest BCUT2D eigenvalue weighted by molar-refractivity contribution is 5.67. The molecule has 0 aliphatic heterocycles. The van der Waals surface area contributed by atoms with Gasteiger partial charge in [0.25, 0.3) is 0 Å². The number of benzene rings is 1. The Morgan fingerprint density at radius 3 is 2.59 bits per heavy atom. The summed E-state index contributed by atoms with van der Waals surface area (Å²) in [6.45, 7) is 2.67. The molecule has 0 atom stereocenters. The molecule has 0 bridgehead atoms. The minimum Gasteiger partial charge on any atom is -0.494 e. The third-order valence-electron chi connectivity index (χ3n) is 2.24. The maximum atomic E-state index is 5.38. The molecule has 1 aromatic heterocycles. The van der Waals surface area contributed by atoms with Crippen LogP contribution in [0.1, 0.15) is 18.2 Å². The van der Waals surface area contributed by atoms with Crippen LogP contribution in [0.3, 0.4) is 0 Å². The third kappa shape index (κ3) is 3.41. The van der Waals surface area contributed by atoms with Gasteiger partial charge in [-0.2, -0.15) is 0 Å². The molecule has 1 aromatic carbocycles. The van der Waals surface area contributed by atoms with Crippen molar-refractivity contribution in [1.29, 1.82) is 0 Å². The average Bonchev–Trinajstić information content (AvgIpc) is 2.40. The highest BCUT2D eigenvalue weighted by Gasteiger charge is 1.91. The predicted octanol–water partition coefficient (Wildman–Crippen LogP) is 3.05. The van der Waals surface area contributed by atoms with E-state index >= 15 is 0 Å². The topological polar surface area (TPSA) is 35.0 Å². The van der Waals surface area contributed by atoms with Crippen molar-refractivity contribution < 1.29 is 4.74 Å². The lowest BCUT2D eigenvalue weighted by Gasteiger charge is -2.02. The van der Waals surface area contributed by atoms with Crippen LogP contribution in [-0.4, -0.2) is 16.6 Å². The van der Waals surface area contributed by atoms with Crippen LogP contribution in [0.2, 0.25) is 0 Å². The van der Waals surface area contributed by atoms with Gasteiger partial charge in [-0.1, -0.05) is 18.2 Å². The van der Waals surface area contributed by atoms with E-state index in [0.717, 1.165) is 17.0 Å². The van der Waals surface area contributed by atoms with Crippen molar-refractivity contribution >= 4 is 12.2 Å². The molecule has 3 nitrogen and oxygen atoms in total. The Bertz CT molecular complexity index is 477. The number of hydrogen-bond acceptors (Lipinski definition) is 3. The molecule has 0 saturated heterocycles. The molecule has 0 N–H and O–H groups in total. The van der Waals surface area contributed by atoms with Crippen molar-refractivity contribution in [1.82, 2.24) is 9.97 Å². The van der Waals surface area contributed by atoms with Gasteiger partial charge in [-0.25, -0.2) is 9.97 Å². The molecule has 2 rings (SSSR count). The van der Waals surface area contributed by atoms with E-state index in [1.807, 2.05) is 49.4 Å². The van der Waals surface area contributed by atoms with E-state index < -0.39 is 0 Å². The molecule has 17 heavy (non-hydrogen) atoms. The van der Waals surface area contributed by atoms with Gasteiger partial charge in [-0.3, -0.25) is 0 Å². The van der Waals surface area contributed by atoms with Gasteiger partial charge >= 0.3 is 0 Å². The van der Waals surface area contributed by atoms with E-state index in [2.05, 4.69) is 9.97 Å². The molecule has 0 radical (unpaired) electrons. The van der Waals surface area contributed by atoms with Crippen molar-refractivity contribution in [3.05, 3.63) is 54.1 Å². The summed E-state index contributed by atoms with van der Waals surface area (Å²) in [6, 6.07) is 9.82. The highest BCUT2D eigenvalue weighted by Crippen LogP contribution is 2.13. The van der Waals surface area contributed by atoms with Gasteiger partial charge in [0.05, 0.1) is 12.3 Å². The lowest BCUT2D eigenvalue weighted by atomic mass is 10.2. The van der Waals surface area contributed by atoms with E-state index in [4.69, 9.17) is 4.74 Å². The number of nitrogens with zero attached hydrogens (tertiary/aromatic N) is 2. The summed E-state index contributed by atoms with van der Waals surface area (Å²) >= 11 is 0. The van der Waals surface area contributed by atoms with Gasteiger partial charge in [0, 0.05) is 6.20 Å². The summed E-state index contributed by atoms with van der Waals surface area (Å²) < 4.78 is 5.38. The van der Waals surface area contributed by atoms with Crippen LogP contribution in [0, 0.1) is 0 Å². The zero-order chi connectivity index (χ0) is 11.9. The predicted molar refractivity (Wildman–Crippen MR) is 68.6 cm³/mol. The van der Waals surface area contributed by atoms with E-state index in [-0.39, 0.29) is 0 Å². The van der Waals surface area contributed by atoms with E-state index in [1.54, 1.807) is 6.20 Å². The van der Waals surface area contributed by atoms with Crippen LogP contribution in [0.15, 0.2) is 42.9 Å². The second kappa shape index (κ2) is 5.80. The zero-order valence-electron chi connectivity index (χ0n) is 9.71. The van der Waals surface area contributed by atoms with E-state index in [9.17, 15) is 0 Å². The quantitative estimate of drug-likeness (QED) is 0.803. The zero-order valence-corrected chi connectivity index (χ0v) is 9.71. The molecule has 3 heteroatoms. The van der Waals surface area contributed by atoms with Crippen LogP contribution in [0.5, 0.6) is 5.75 Å². The van der Waals surface area contributed by atoms with Crippen molar-refractivity contribution in [3.63, 3.8) is 0 Å². The van der Waals surface area contributed by atoms with Gasteiger partial charge in [0.1, 0.15) is 12.1 Å². The Hall–Kier alpha value is -2.16. The monoisotopic (exact) mass is 226 g/mol. The van der Waals surface area contributed by atoms with Gasteiger partial charge in [-0.15, -0.1) is 0 Å². The lowest BCUT2D eigenvalue weighted by molar-refractivity contribution is 0.340. The third-order valence-corrected chi connectivity index (χ3v) is 2.24. The van der Waals surface area contributed by atoms with Crippen molar-refractivity contribution in [2.45, 2.75) is 6.92 Å². The van der Waals surface area contributed by atoms with Crippen LogP contribution in [0.25, 0.3) is 12.2 Å². The van der Waals surface area contributed by atoms with Crippen LogP contribution >= 0.6 is 0 Å². The van der Waals surface area contributed by atoms with Crippen molar-refractivity contribution in [3.8, 4) is 5.75 Å². The molecule has 86 valence electrons. The Kier molecular flexibility index (Phi) is 3.86. The molecule has 0 amide bonds. The molecule has 0 saturated carbocycles. The maximum Gasteiger partial charge on any atom is 0.119 e. The minimum atomic E-state index is 0.691. The fraction of sp³-hybridized carbons (Fsp3) is 0.143. The number of aromatic nitrogens is 2. The second-order valence-corrected chi connectivity index (χ2v) is 3.47. The number of hydrogen-bond donors (Lipinski definition) is 0. The number of rotatable bonds is 4. The molecule has 0 spiro atoms. The van der Waals surface area contributed by atoms with Crippen LogP contribution < -0.4 is 4.74 Å². The first-order valence-corrected chi connectivity index (χ1v) is 5.55. The Morgan fingerprint density at radius 1 is 1.12 bits per heavy atom. The number of ether oxygens (including phenoxy) is 1. The first-order chi connectivity index (χ1) is 8.38. The molecule has 0 aliphatic rings. The standard InChI is InChI=1S/C14H14N2O/c1-2-17-14-7-4-12(5-8-14)3-6-13-9-10-15-11-16-13/h3-11H,2H2,1H3/b6-3+. The first-order valence-electron chi connectivity index (χ1n) is 5.55. The normalized spacial score (nSPS) is 10.6. The van der Waals surface area contributed by atoms with E-state index in [1.165, 1.54) is 6.33 Å². The molecular weight excluding hydrogens is 212 g/mol. The molecule has 0 unspecified atom stereocenters. The van der Waals surface area contributed by atoms with Gasteiger partial charge in [0.2, 0.25) is 0 Å².